The highest BCUT2D eigenvalue weighted by Crippen LogP contribution is 2.25. The van der Waals surface area contributed by atoms with Crippen molar-refractivity contribution in [3.63, 3.8) is 0 Å². The molecule has 0 bridgehead atoms. The molecule has 11 heteroatoms. The summed E-state index contributed by atoms with van der Waals surface area (Å²) in [6, 6.07) is 3.87. The van der Waals surface area contributed by atoms with Gasteiger partial charge in [0.2, 0.25) is 9.84 Å². The highest BCUT2D eigenvalue weighted by atomic mass is 32.2. The number of rotatable bonds is 6. The van der Waals surface area contributed by atoms with Crippen LogP contribution in [0.5, 0.6) is 0 Å². The SMILES string of the molecule is O=C([O-])c1ccc(S(=O)(=O)c2ccc(C(=O)[O-])c(C(=O)[O-])c2)cc1C(=O)[O-]. The second kappa shape index (κ2) is 6.88. The van der Waals surface area contributed by atoms with Gasteiger partial charge in [0.15, 0.2) is 0 Å². The molecule has 0 unspecified atom stereocenters. The van der Waals surface area contributed by atoms with Crippen molar-refractivity contribution in [1.82, 2.24) is 0 Å². The third-order valence-electron chi connectivity index (χ3n) is 3.48. The van der Waals surface area contributed by atoms with E-state index in [1.807, 2.05) is 0 Å². The molecular formula is C16H6O10S-4. The summed E-state index contributed by atoms with van der Waals surface area (Å²) in [5.41, 5.74) is -3.58. The lowest BCUT2D eigenvalue weighted by molar-refractivity contribution is -0.259. The third-order valence-corrected chi connectivity index (χ3v) is 5.23. The molecule has 0 saturated carbocycles. The molecule has 0 heterocycles. The van der Waals surface area contributed by atoms with Crippen molar-refractivity contribution >= 4 is 33.7 Å². The summed E-state index contributed by atoms with van der Waals surface area (Å²) in [6.45, 7) is 0. The predicted molar refractivity (Wildman–Crippen MR) is 75.7 cm³/mol. The van der Waals surface area contributed by atoms with Crippen LogP contribution in [0.2, 0.25) is 0 Å². The average molecular weight is 390 g/mol. The van der Waals surface area contributed by atoms with Gasteiger partial charge in [-0.15, -0.1) is 0 Å². The molecule has 0 saturated heterocycles. The van der Waals surface area contributed by atoms with Gasteiger partial charge in [-0.3, -0.25) is 0 Å². The lowest BCUT2D eigenvalue weighted by Gasteiger charge is -2.15. The molecule has 0 amide bonds. The molecule has 2 rings (SSSR count). The first-order chi connectivity index (χ1) is 12.5. The number of carboxylic acid groups (broad SMARTS) is 4. The van der Waals surface area contributed by atoms with Crippen molar-refractivity contribution in [1.29, 1.82) is 0 Å². The van der Waals surface area contributed by atoms with Crippen LogP contribution in [0.3, 0.4) is 0 Å². The molecule has 0 aliphatic heterocycles. The maximum Gasteiger partial charge on any atom is 0.206 e. The molecule has 0 aliphatic rings. The molecule has 140 valence electrons. The fraction of sp³-hybridized carbons (Fsp3) is 0. The highest BCUT2D eigenvalue weighted by molar-refractivity contribution is 7.91. The highest BCUT2D eigenvalue weighted by Gasteiger charge is 2.21. The number of aromatic carboxylic acids is 4. The van der Waals surface area contributed by atoms with Crippen LogP contribution in [0, 0.1) is 0 Å². The van der Waals surface area contributed by atoms with Crippen molar-refractivity contribution in [3.8, 4) is 0 Å². The van der Waals surface area contributed by atoms with Gasteiger partial charge in [-0.1, -0.05) is 12.1 Å². The van der Waals surface area contributed by atoms with E-state index in [-0.39, 0.29) is 0 Å². The zero-order chi connectivity index (χ0) is 20.5. The van der Waals surface area contributed by atoms with Gasteiger partial charge in [-0.2, -0.15) is 0 Å². The Labute approximate surface area is 150 Å². The second-order valence-electron chi connectivity index (χ2n) is 5.07. The summed E-state index contributed by atoms with van der Waals surface area (Å²) in [5.74, 6) is -7.71. The molecule has 0 spiro atoms. The largest absolute Gasteiger partial charge is 0.545 e. The first kappa shape index (κ1) is 19.6. The molecule has 2 aromatic carbocycles. The van der Waals surface area contributed by atoms with Crippen molar-refractivity contribution in [2.45, 2.75) is 9.79 Å². The van der Waals surface area contributed by atoms with Gasteiger partial charge in [0.1, 0.15) is 0 Å². The summed E-state index contributed by atoms with van der Waals surface area (Å²) < 4.78 is 25.2. The maximum atomic E-state index is 12.6. The second-order valence-corrected chi connectivity index (χ2v) is 7.02. The van der Waals surface area contributed by atoms with E-state index in [0.717, 1.165) is 12.1 Å². The number of sulfone groups is 1. The normalized spacial score (nSPS) is 11.0. The zero-order valence-electron chi connectivity index (χ0n) is 13.0. The lowest BCUT2D eigenvalue weighted by atomic mass is 10.1. The standard InChI is InChI=1S/C16H10O10S/c17-13(18)9-3-1-7(5-11(9)15(21)22)27(25,26)8-2-4-10(14(19)20)12(6-8)16(23)24/h1-6H,(H,17,18)(H,19,20)(H,21,22)(H,23,24)/p-4. The number of hydrogen-bond donors (Lipinski definition) is 0. The van der Waals surface area contributed by atoms with Gasteiger partial charge in [0.05, 0.1) is 33.7 Å². The Bertz CT molecular complexity index is 1020. The Kier molecular flexibility index (Phi) is 4.99. The Morgan fingerprint density at radius 1 is 0.556 bits per heavy atom. The van der Waals surface area contributed by atoms with Crippen LogP contribution in [0.15, 0.2) is 46.2 Å². The van der Waals surface area contributed by atoms with Crippen molar-refractivity contribution in [3.05, 3.63) is 58.7 Å². The van der Waals surface area contributed by atoms with Gasteiger partial charge in [-0.05, 0) is 24.3 Å². The molecular weight excluding hydrogens is 384 g/mol. The Hall–Kier alpha value is -3.73. The molecule has 0 atom stereocenters. The predicted octanol–water partition coefficient (Wildman–Crippen LogP) is -4.03. The number of carboxylic acids is 4. The van der Waals surface area contributed by atoms with E-state index >= 15 is 0 Å². The average Bonchev–Trinajstić information content (AvgIpc) is 2.60. The summed E-state index contributed by atoms with van der Waals surface area (Å²) in [5, 5.41) is 43.9. The first-order valence-electron chi connectivity index (χ1n) is 6.85. The zero-order valence-corrected chi connectivity index (χ0v) is 13.8. The van der Waals surface area contributed by atoms with E-state index in [2.05, 4.69) is 0 Å². The number of benzene rings is 2. The van der Waals surface area contributed by atoms with Crippen molar-refractivity contribution < 1.29 is 48.0 Å². The van der Waals surface area contributed by atoms with E-state index in [9.17, 15) is 48.0 Å². The number of carbonyl (C=O) groups excluding carboxylic acids is 4. The Morgan fingerprint density at radius 3 is 1.11 bits per heavy atom. The van der Waals surface area contributed by atoms with E-state index in [0.29, 0.717) is 24.3 Å². The maximum absolute atomic E-state index is 12.6. The van der Waals surface area contributed by atoms with Gasteiger partial charge in [0.25, 0.3) is 0 Å². The summed E-state index contributed by atoms with van der Waals surface area (Å²) in [4.78, 5) is 42.5. The Morgan fingerprint density at radius 2 is 0.852 bits per heavy atom. The van der Waals surface area contributed by atoms with Gasteiger partial charge >= 0.3 is 0 Å². The molecule has 0 N–H and O–H groups in total. The summed E-state index contributed by atoms with van der Waals surface area (Å²) >= 11 is 0. The quantitative estimate of drug-likeness (QED) is 0.468. The third kappa shape index (κ3) is 3.62. The topological polar surface area (TPSA) is 195 Å². The van der Waals surface area contributed by atoms with E-state index < -0.39 is 65.8 Å². The van der Waals surface area contributed by atoms with Crippen LogP contribution in [0.25, 0.3) is 0 Å². The van der Waals surface area contributed by atoms with Crippen LogP contribution in [-0.2, 0) is 9.84 Å². The van der Waals surface area contributed by atoms with Crippen LogP contribution in [0.4, 0.5) is 0 Å². The lowest BCUT2D eigenvalue weighted by Crippen LogP contribution is -2.30. The number of carbonyl (C=O) groups is 4. The summed E-state index contributed by atoms with van der Waals surface area (Å²) in [7, 11) is -4.54. The van der Waals surface area contributed by atoms with Gasteiger partial charge in [0, 0.05) is 22.3 Å². The minimum atomic E-state index is -4.54. The first-order valence-corrected chi connectivity index (χ1v) is 8.33. The van der Waals surface area contributed by atoms with Crippen LogP contribution < -0.4 is 20.4 Å². The molecule has 2 aromatic rings. The van der Waals surface area contributed by atoms with Crippen LogP contribution >= 0.6 is 0 Å². The molecule has 0 aromatic heterocycles. The molecule has 0 aliphatic carbocycles. The van der Waals surface area contributed by atoms with Crippen LogP contribution in [-0.4, -0.2) is 32.3 Å². The minimum absolute atomic E-state index is 0.501. The monoisotopic (exact) mass is 390 g/mol. The van der Waals surface area contributed by atoms with E-state index in [1.54, 1.807) is 0 Å². The smallest absolute Gasteiger partial charge is 0.206 e. The van der Waals surface area contributed by atoms with Crippen LogP contribution in [0.1, 0.15) is 41.4 Å². The molecule has 0 radical (unpaired) electrons. The Balaban J connectivity index is 2.69. The number of hydrogen-bond acceptors (Lipinski definition) is 10. The van der Waals surface area contributed by atoms with E-state index in [4.69, 9.17) is 0 Å². The minimum Gasteiger partial charge on any atom is -0.545 e. The molecule has 10 nitrogen and oxygen atoms in total. The van der Waals surface area contributed by atoms with Crippen molar-refractivity contribution in [2.24, 2.45) is 0 Å². The molecule has 27 heavy (non-hydrogen) atoms. The fourth-order valence-corrected chi connectivity index (χ4v) is 3.52. The van der Waals surface area contributed by atoms with Gasteiger partial charge in [-0.25, -0.2) is 8.42 Å². The van der Waals surface area contributed by atoms with E-state index in [1.165, 1.54) is 0 Å². The summed E-state index contributed by atoms with van der Waals surface area (Å²) in [6.07, 6.45) is 0. The van der Waals surface area contributed by atoms with Gasteiger partial charge < -0.3 is 39.6 Å². The molecule has 0 fully saturated rings. The fourth-order valence-electron chi connectivity index (χ4n) is 2.21. The van der Waals surface area contributed by atoms with Crippen molar-refractivity contribution in [2.75, 3.05) is 0 Å².